The summed E-state index contributed by atoms with van der Waals surface area (Å²) in [7, 11) is 0. The third-order valence-electron chi connectivity index (χ3n) is 1.28. The molecule has 0 aromatic carbocycles. The Labute approximate surface area is 74.7 Å². The molecule has 0 spiro atoms. The minimum absolute atomic E-state index is 0. The number of aryl methyl sites for hydroxylation is 1. The predicted octanol–water partition coefficient (Wildman–Crippen LogP) is 1.65. The highest BCUT2D eigenvalue weighted by atomic mass is 35.5. The number of carbonyl (C=O) groups is 1. The van der Waals surface area contributed by atoms with Gasteiger partial charge in [0.25, 0.3) is 0 Å². The van der Waals surface area contributed by atoms with Crippen LogP contribution in [-0.2, 0) is 0 Å². The molecule has 3 nitrogen and oxygen atoms in total. The standard InChI is InChI=1S/C7H6FNO2.ClH/c1-4-6(7(10)11)2-5(8)3-9-4;/h2-3H,1H3,(H,10,11);1H. The topological polar surface area (TPSA) is 50.2 Å². The van der Waals surface area contributed by atoms with Gasteiger partial charge in [-0.1, -0.05) is 0 Å². The molecule has 12 heavy (non-hydrogen) atoms. The third kappa shape index (κ3) is 2.17. The molecule has 0 radical (unpaired) electrons. The number of carboxylic acids is 1. The number of hydrogen-bond donors (Lipinski definition) is 1. The summed E-state index contributed by atoms with van der Waals surface area (Å²) >= 11 is 0. The minimum Gasteiger partial charge on any atom is -0.478 e. The van der Waals surface area contributed by atoms with E-state index in [1.807, 2.05) is 0 Å². The SMILES string of the molecule is Cc1ncc(F)cc1C(=O)O.Cl. The molecule has 0 saturated carbocycles. The van der Waals surface area contributed by atoms with E-state index in [-0.39, 0.29) is 18.0 Å². The molecule has 1 heterocycles. The highest BCUT2D eigenvalue weighted by Gasteiger charge is 2.08. The average molecular weight is 192 g/mol. The molecule has 5 heteroatoms. The lowest BCUT2D eigenvalue weighted by molar-refractivity contribution is 0.0695. The summed E-state index contributed by atoms with van der Waals surface area (Å²) in [6, 6.07) is 0.949. The number of halogens is 2. The molecule has 1 N–H and O–H groups in total. The highest BCUT2D eigenvalue weighted by molar-refractivity contribution is 5.88. The molecule has 0 aliphatic heterocycles. The number of aromatic nitrogens is 1. The number of hydrogen-bond acceptors (Lipinski definition) is 2. The molecule has 0 fully saturated rings. The summed E-state index contributed by atoms with van der Waals surface area (Å²) in [5.41, 5.74) is 0.226. The van der Waals surface area contributed by atoms with E-state index in [4.69, 9.17) is 5.11 Å². The second-order valence-corrected chi connectivity index (χ2v) is 2.09. The molecular formula is C7H7ClFNO2. The number of pyridine rings is 1. The Balaban J connectivity index is 0.00000121. The largest absolute Gasteiger partial charge is 0.478 e. The van der Waals surface area contributed by atoms with E-state index < -0.39 is 11.8 Å². The Kier molecular flexibility index (Phi) is 3.63. The predicted molar refractivity (Wildman–Crippen MR) is 43.1 cm³/mol. The lowest BCUT2D eigenvalue weighted by atomic mass is 10.2. The zero-order valence-corrected chi connectivity index (χ0v) is 7.06. The highest BCUT2D eigenvalue weighted by Crippen LogP contribution is 2.05. The summed E-state index contributed by atoms with van der Waals surface area (Å²) in [5, 5.41) is 8.48. The summed E-state index contributed by atoms with van der Waals surface area (Å²) in [6.45, 7) is 1.52. The van der Waals surface area contributed by atoms with Crippen LogP contribution < -0.4 is 0 Å². The van der Waals surface area contributed by atoms with Crippen LogP contribution in [0.25, 0.3) is 0 Å². The molecule has 1 aromatic heterocycles. The van der Waals surface area contributed by atoms with Crippen LogP contribution in [0.2, 0.25) is 0 Å². The quantitative estimate of drug-likeness (QED) is 0.734. The maximum Gasteiger partial charge on any atom is 0.337 e. The van der Waals surface area contributed by atoms with Gasteiger partial charge in [-0.3, -0.25) is 4.98 Å². The first-order valence-electron chi connectivity index (χ1n) is 2.96. The lowest BCUT2D eigenvalue weighted by Crippen LogP contribution is -2.02. The average Bonchev–Trinajstić information content (AvgIpc) is 1.94. The maximum atomic E-state index is 12.4. The second kappa shape index (κ2) is 4.01. The Morgan fingerprint density at radius 3 is 2.67 bits per heavy atom. The number of aromatic carboxylic acids is 1. The van der Waals surface area contributed by atoms with Crippen molar-refractivity contribution in [3.8, 4) is 0 Å². The molecular weight excluding hydrogens is 185 g/mol. The van der Waals surface area contributed by atoms with Crippen LogP contribution in [0, 0.1) is 12.7 Å². The number of rotatable bonds is 1. The normalized spacial score (nSPS) is 8.83. The van der Waals surface area contributed by atoms with E-state index in [1.165, 1.54) is 6.92 Å². The van der Waals surface area contributed by atoms with Crippen molar-refractivity contribution < 1.29 is 14.3 Å². The van der Waals surface area contributed by atoms with Crippen LogP contribution in [0.1, 0.15) is 16.1 Å². The summed E-state index contributed by atoms with van der Waals surface area (Å²) in [4.78, 5) is 13.9. The minimum atomic E-state index is -1.16. The molecule has 0 bridgehead atoms. The summed E-state index contributed by atoms with van der Waals surface area (Å²) in [6.07, 6.45) is 0.988. The molecule has 1 aromatic rings. The van der Waals surface area contributed by atoms with E-state index >= 15 is 0 Å². The summed E-state index contributed by atoms with van der Waals surface area (Å²) < 4.78 is 12.4. The van der Waals surface area contributed by atoms with Crippen molar-refractivity contribution in [3.63, 3.8) is 0 Å². The maximum absolute atomic E-state index is 12.4. The van der Waals surface area contributed by atoms with Crippen molar-refractivity contribution in [1.29, 1.82) is 0 Å². The number of nitrogens with zero attached hydrogens (tertiary/aromatic N) is 1. The fraction of sp³-hybridized carbons (Fsp3) is 0.143. The Morgan fingerprint density at radius 2 is 2.25 bits per heavy atom. The zero-order chi connectivity index (χ0) is 8.43. The van der Waals surface area contributed by atoms with Crippen molar-refractivity contribution in [2.24, 2.45) is 0 Å². The molecule has 0 aliphatic rings. The first-order valence-corrected chi connectivity index (χ1v) is 2.96. The Hall–Kier alpha value is -1.16. The Bertz CT molecular complexity index is 303. The smallest absolute Gasteiger partial charge is 0.337 e. The summed E-state index contributed by atoms with van der Waals surface area (Å²) in [5.74, 6) is -1.79. The van der Waals surface area contributed by atoms with E-state index in [0.717, 1.165) is 12.3 Å². The molecule has 66 valence electrons. The zero-order valence-electron chi connectivity index (χ0n) is 6.24. The molecule has 0 aliphatic carbocycles. The van der Waals surface area contributed by atoms with E-state index in [2.05, 4.69) is 4.98 Å². The van der Waals surface area contributed by atoms with E-state index in [1.54, 1.807) is 0 Å². The molecule has 0 saturated heterocycles. The first-order chi connectivity index (χ1) is 5.11. The van der Waals surface area contributed by atoms with Crippen molar-refractivity contribution in [2.75, 3.05) is 0 Å². The van der Waals surface area contributed by atoms with Gasteiger partial charge in [0, 0.05) is 0 Å². The monoisotopic (exact) mass is 191 g/mol. The van der Waals surface area contributed by atoms with Crippen LogP contribution in [0.3, 0.4) is 0 Å². The lowest BCUT2D eigenvalue weighted by Gasteiger charge is -1.97. The van der Waals surface area contributed by atoms with Crippen LogP contribution >= 0.6 is 12.4 Å². The second-order valence-electron chi connectivity index (χ2n) is 2.09. The van der Waals surface area contributed by atoms with Gasteiger partial charge in [-0.2, -0.15) is 0 Å². The Morgan fingerprint density at radius 1 is 1.67 bits per heavy atom. The van der Waals surface area contributed by atoms with Crippen LogP contribution in [-0.4, -0.2) is 16.1 Å². The molecule has 0 amide bonds. The fourth-order valence-electron chi connectivity index (χ4n) is 0.724. The van der Waals surface area contributed by atoms with Crippen LogP contribution in [0.4, 0.5) is 4.39 Å². The van der Waals surface area contributed by atoms with Gasteiger partial charge in [0.2, 0.25) is 0 Å². The fourth-order valence-corrected chi connectivity index (χ4v) is 0.724. The van der Waals surface area contributed by atoms with Gasteiger partial charge in [-0.15, -0.1) is 12.4 Å². The van der Waals surface area contributed by atoms with Crippen LogP contribution in [0.15, 0.2) is 12.3 Å². The van der Waals surface area contributed by atoms with Gasteiger partial charge in [0.1, 0.15) is 5.82 Å². The van der Waals surface area contributed by atoms with Gasteiger partial charge in [-0.25, -0.2) is 9.18 Å². The van der Waals surface area contributed by atoms with Gasteiger partial charge in [0.05, 0.1) is 17.5 Å². The molecule has 0 atom stereocenters. The van der Waals surface area contributed by atoms with Crippen molar-refractivity contribution in [3.05, 3.63) is 29.3 Å². The van der Waals surface area contributed by atoms with Crippen molar-refractivity contribution >= 4 is 18.4 Å². The van der Waals surface area contributed by atoms with Crippen molar-refractivity contribution in [1.82, 2.24) is 4.98 Å². The first kappa shape index (κ1) is 10.8. The van der Waals surface area contributed by atoms with Gasteiger partial charge < -0.3 is 5.11 Å². The van der Waals surface area contributed by atoms with Gasteiger partial charge in [0.15, 0.2) is 0 Å². The van der Waals surface area contributed by atoms with Crippen LogP contribution in [0.5, 0.6) is 0 Å². The van der Waals surface area contributed by atoms with E-state index in [0.29, 0.717) is 5.69 Å². The third-order valence-corrected chi connectivity index (χ3v) is 1.28. The van der Waals surface area contributed by atoms with Crippen molar-refractivity contribution in [2.45, 2.75) is 6.92 Å². The number of carboxylic acid groups (broad SMARTS) is 1. The molecule has 0 unspecified atom stereocenters. The molecule has 1 rings (SSSR count). The van der Waals surface area contributed by atoms with E-state index in [9.17, 15) is 9.18 Å². The van der Waals surface area contributed by atoms with Gasteiger partial charge in [-0.05, 0) is 13.0 Å². The van der Waals surface area contributed by atoms with Gasteiger partial charge >= 0.3 is 5.97 Å².